The first-order chi connectivity index (χ1) is 13.1. The molecule has 1 N–H and O–H groups in total. The number of aryl methyl sites for hydroxylation is 1. The highest BCUT2D eigenvalue weighted by atomic mass is 19.4. The number of amides is 1. The molecule has 2 aliphatic rings. The van der Waals surface area contributed by atoms with Crippen LogP contribution in [0.5, 0.6) is 0 Å². The molecule has 1 amide bonds. The largest absolute Gasteiger partial charge is 0.391 e. The topological polar surface area (TPSA) is 61.4 Å². The zero-order valence-electron chi connectivity index (χ0n) is 16.8. The Morgan fingerprint density at radius 2 is 1.93 bits per heavy atom. The monoisotopic (exact) mass is 399 g/mol. The summed E-state index contributed by atoms with van der Waals surface area (Å²) in [5.41, 5.74) is 1.69. The van der Waals surface area contributed by atoms with Gasteiger partial charge in [0.25, 0.3) is 5.91 Å². The Kier molecular flexibility index (Phi) is 5.84. The summed E-state index contributed by atoms with van der Waals surface area (Å²) < 4.78 is 37.7. The minimum absolute atomic E-state index is 0.0719. The van der Waals surface area contributed by atoms with Crippen LogP contribution in [0.4, 0.5) is 19.0 Å². The van der Waals surface area contributed by atoms with Crippen molar-refractivity contribution in [3.05, 3.63) is 17.1 Å². The lowest BCUT2D eigenvalue weighted by Crippen LogP contribution is -2.42. The van der Waals surface area contributed by atoms with Gasteiger partial charge in [0.2, 0.25) is 5.82 Å². The van der Waals surface area contributed by atoms with Gasteiger partial charge in [0.1, 0.15) is 5.82 Å². The summed E-state index contributed by atoms with van der Waals surface area (Å²) in [5.74, 6) is -0.955. The molecule has 2 fully saturated rings. The summed E-state index contributed by atoms with van der Waals surface area (Å²) in [7, 11) is 4.10. The molecule has 1 aliphatic carbocycles. The number of nitrogens with zero attached hydrogens (tertiary/aromatic N) is 4. The van der Waals surface area contributed by atoms with Crippen LogP contribution < -0.4 is 10.2 Å². The average Bonchev–Trinajstić information content (AvgIpc) is 3.04. The number of nitrogens with one attached hydrogen (secondary N) is 1. The Hall–Kier alpha value is -1.90. The van der Waals surface area contributed by atoms with E-state index in [1.807, 2.05) is 13.8 Å². The van der Waals surface area contributed by atoms with Crippen molar-refractivity contribution < 1.29 is 18.0 Å². The third-order valence-electron chi connectivity index (χ3n) is 6.01. The van der Waals surface area contributed by atoms with Crippen LogP contribution in [0.3, 0.4) is 0 Å². The van der Waals surface area contributed by atoms with E-state index in [1.54, 1.807) is 0 Å². The third-order valence-corrected chi connectivity index (χ3v) is 6.01. The highest BCUT2D eigenvalue weighted by Crippen LogP contribution is 2.44. The lowest BCUT2D eigenvalue weighted by molar-refractivity contribution is -0.203. The Bertz CT molecular complexity index is 731. The van der Waals surface area contributed by atoms with E-state index in [0.29, 0.717) is 6.04 Å². The fourth-order valence-corrected chi connectivity index (χ4v) is 3.86. The highest BCUT2D eigenvalue weighted by molar-refractivity contribution is 5.91. The molecule has 0 spiro atoms. The molecular formula is C19H28F3N5O. The van der Waals surface area contributed by atoms with Gasteiger partial charge in [-0.3, -0.25) is 4.79 Å². The fraction of sp³-hybridized carbons (Fsp3) is 0.737. The lowest BCUT2D eigenvalue weighted by atomic mass is 9.74. The number of likely N-dealkylation sites (N-methyl/N-ethyl adjacent to an activating group) is 1. The van der Waals surface area contributed by atoms with Crippen molar-refractivity contribution in [1.29, 1.82) is 0 Å². The third kappa shape index (κ3) is 4.39. The Morgan fingerprint density at radius 3 is 2.50 bits per heavy atom. The maximum atomic E-state index is 12.6. The van der Waals surface area contributed by atoms with E-state index < -0.39 is 18.0 Å². The number of hydrogen-bond acceptors (Lipinski definition) is 5. The van der Waals surface area contributed by atoms with Gasteiger partial charge in [-0.05, 0) is 53.1 Å². The number of anilines is 1. The van der Waals surface area contributed by atoms with Crippen molar-refractivity contribution in [2.24, 2.45) is 11.8 Å². The molecule has 1 aliphatic heterocycles. The summed E-state index contributed by atoms with van der Waals surface area (Å²) >= 11 is 0. The van der Waals surface area contributed by atoms with E-state index in [9.17, 15) is 18.0 Å². The van der Waals surface area contributed by atoms with Crippen molar-refractivity contribution >= 4 is 11.7 Å². The minimum atomic E-state index is -4.13. The van der Waals surface area contributed by atoms with E-state index in [4.69, 9.17) is 0 Å². The van der Waals surface area contributed by atoms with Crippen molar-refractivity contribution in [2.45, 2.75) is 45.3 Å². The zero-order chi connectivity index (χ0) is 20.6. The second-order valence-electron chi connectivity index (χ2n) is 8.22. The van der Waals surface area contributed by atoms with Crippen molar-refractivity contribution in [3.8, 4) is 0 Å². The van der Waals surface area contributed by atoms with E-state index >= 15 is 0 Å². The first-order valence-corrected chi connectivity index (χ1v) is 9.67. The summed E-state index contributed by atoms with van der Waals surface area (Å²) in [6.45, 7) is 5.72. The maximum absolute atomic E-state index is 12.6. The van der Waals surface area contributed by atoms with Crippen LogP contribution in [0.25, 0.3) is 0 Å². The number of rotatable bonds is 5. The summed E-state index contributed by atoms with van der Waals surface area (Å²) in [4.78, 5) is 25.6. The first kappa shape index (κ1) is 20.8. The van der Waals surface area contributed by atoms with Crippen molar-refractivity contribution in [2.75, 3.05) is 38.6 Å². The van der Waals surface area contributed by atoms with Gasteiger partial charge in [0, 0.05) is 36.9 Å². The van der Waals surface area contributed by atoms with Gasteiger partial charge in [0.15, 0.2) is 0 Å². The van der Waals surface area contributed by atoms with Crippen LogP contribution in [-0.4, -0.2) is 66.7 Å². The molecule has 156 valence electrons. The van der Waals surface area contributed by atoms with Gasteiger partial charge in [-0.25, -0.2) is 9.97 Å². The van der Waals surface area contributed by atoms with Crippen LogP contribution in [0.2, 0.25) is 0 Å². The Balaban J connectivity index is 1.63. The SMILES string of the molecule is Cc1nc(C(=O)NCC2CC(C(F)(F)F)C2)nc(N2CC[C@@H](N(C)C)C2)c1C. The maximum Gasteiger partial charge on any atom is 0.391 e. The number of hydrogen-bond donors (Lipinski definition) is 1. The molecule has 3 rings (SSSR count). The fourth-order valence-electron chi connectivity index (χ4n) is 3.86. The normalized spacial score (nSPS) is 25.1. The van der Waals surface area contributed by atoms with Crippen LogP contribution in [0.15, 0.2) is 0 Å². The Morgan fingerprint density at radius 1 is 1.25 bits per heavy atom. The molecule has 1 aromatic rings. The molecule has 6 nitrogen and oxygen atoms in total. The van der Waals surface area contributed by atoms with E-state index in [1.165, 1.54) is 0 Å². The molecule has 1 atom stereocenters. The summed E-state index contributed by atoms with van der Waals surface area (Å²) in [6, 6.07) is 0.437. The van der Waals surface area contributed by atoms with E-state index in [-0.39, 0.29) is 31.1 Å². The molecule has 0 aromatic carbocycles. The number of carbonyl (C=O) groups is 1. The minimum Gasteiger partial charge on any atom is -0.355 e. The average molecular weight is 399 g/mol. The van der Waals surface area contributed by atoms with Gasteiger partial charge < -0.3 is 15.1 Å². The van der Waals surface area contributed by atoms with Crippen LogP contribution in [-0.2, 0) is 0 Å². The molecule has 1 saturated carbocycles. The summed E-state index contributed by atoms with van der Waals surface area (Å²) in [6.07, 6.45) is -2.96. The first-order valence-electron chi connectivity index (χ1n) is 9.67. The van der Waals surface area contributed by atoms with Crippen LogP contribution in [0.1, 0.15) is 41.1 Å². The van der Waals surface area contributed by atoms with Gasteiger partial charge >= 0.3 is 6.18 Å². The Labute approximate surface area is 163 Å². The quantitative estimate of drug-likeness (QED) is 0.825. The standard InChI is InChI=1S/C19H28F3N5O/c1-11-12(2)24-16(25-17(11)27-6-5-15(10-27)26(3)4)18(28)23-9-13-7-14(8-13)19(20,21)22/h13-15H,5-10H2,1-4H3,(H,23,28)/t13?,14?,15-/m1/s1. The lowest BCUT2D eigenvalue weighted by Gasteiger charge is -2.36. The molecule has 0 bridgehead atoms. The summed E-state index contributed by atoms with van der Waals surface area (Å²) in [5, 5.41) is 2.71. The van der Waals surface area contributed by atoms with E-state index in [2.05, 4.69) is 39.2 Å². The smallest absolute Gasteiger partial charge is 0.355 e. The molecule has 0 radical (unpaired) electrons. The molecule has 0 unspecified atom stereocenters. The number of carbonyl (C=O) groups excluding carboxylic acids is 1. The number of aromatic nitrogens is 2. The molecule has 1 aromatic heterocycles. The molecular weight excluding hydrogens is 371 g/mol. The number of halogens is 3. The van der Waals surface area contributed by atoms with Gasteiger partial charge in [-0.15, -0.1) is 0 Å². The molecule has 2 heterocycles. The zero-order valence-corrected chi connectivity index (χ0v) is 16.8. The van der Waals surface area contributed by atoms with Crippen molar-refractivity contribution in [3.63, 3.8) is 0 Å². The predicted octanol–water partition coefficient (Wildman–Crippen LogP) is 2.55. The van der Waals surface area contributed by atoms with Crippen LogP contribution in [0, 0.1) is 25.7 Å². The van der Waals surface area contributed by atoms with Gasteiger partial charge in [-0.2, -0.15) is 13.2 Å². The second kappa shape index (κ2) is 7.85. The van der Waals surface area contributed by atoms with Crippen LogP contribution >= 0.6 is 0 Å². The highest BCUT2D eigenvalue weighted by Gasteiger charge is 2.47. The second-order valence-corrected chi connectivity index (χ2v) is 8.22. The molecule has 1 saturated heterocycles. The number of alkyl halides is 3. The van der Waals surface area contributed by atoms with Gasteiger partial charge in [-0.1, -0.05) is 0 Å². The van der Waals surface area contributed by atoms with Crippen molar-refractivity contribution in [1.82, 2.24) is 20.2 Å². The van der Waals surface area contributed by atoms with Gasteiger partial charge in [0.05, 0.1) is 5.92 Å². The predicted molar refractivity (Wildman–Crippen MR) is 100 cm³/mol. The molecule has 9 heteroatoms. The van der Waals surface area contributed by atoms with E-state index in [0.717, 1.165) is 36.6 Å². The molecule has 28 heavy (non-hydrogen) atoms.